The molecule has 0 spiro atoms. The molecule has 2 rings (SSSR count). The lowest BCUT2D eigenvalue weighted by molar-refractivity contribution is -0.132. The molecule has 2 aromatic carbocycles. The molecule has 0 atom stereocenters. The van der Waals surface area contributed by atoms with E-state index in [0.29, 0.717) is 11.1 Å². The van der Waals surface area contributed by atoms with Crippen LogP contribution in [-0.4, -0.2) is 22.0 Å². The van der Waals surface area contributed by atoms with Gasteiger partial charge in [0.25, 0.3) is 0 Å². The van der Waals surface area contributed by atoms with Gasteiger partial charge in [-0.15, -0.1) is 0 Å². The Hall–Kier alpha value is -2.88. The second-order valence-corrected chi connectivity index (χ2v) is 4.30. The lowest BCUT2D eigenvalue weighted by Crippen LogP contribution is -2.00. The van der Waals surface area contributed by atoms with Crippen molar-refractivity contribution in [3.8, 4) is 5.75 Å². The number of benzene rings is 2. The van der Waals surface area contributed by atoms with Crippen LogP contribution in [0.4, 0.5) is 0 Å². The largest absolute Gasteiger partial charge is 0.507 e. The number of aliphatic carboxylic acids is 1. The maximum absolute atomic E-state index is 11.9. The van der Waals surface area contributed by atoms with E-state index in [1.807, 2.05) is 6.07 Å². The first-order valence-electron chi connectivity index (χ1n) is 6.20. The third kappa shape index (κ3) is 4.95. The van der Waals surface area contributed by atoms with Crippen molar-refractivity contribution in [2.24, 2.45) is 0 Å². The predicted molar refractivity (Wildman–Crippen MR) is 80.4 cm³/mol. The van der Waals surface area contributed by atoms with Gasteiger partial charge in [0.15, 0.2) is 5.78 Å². The fourth-order valence-electron chi connectivity index (χ4n) is 1.41. The Morgan fingerprint density at radius 3 is 1.90 bits per heavy atom. The Kier molecular flexibility index (Phi) is 5.89. The molecule has 0 aliphatic carbocycles. The number of carbonyl (C=O) groups excluding carboxylic acids is 1. The number of aromatic hydroxyl groups is 1. The normalized spacial score (nSPS) is 9.19. The average molecular weight is 284 g/mol. The van der Waals surface area contributed by atoms with Crippen LogP contribution in [0.2, 0.25) is 0 Å². The molecule has 0 aliphatic rings. The molecule has 2 N–H and O–H groups in total. The molecule has 0 radical (unpaired) electrons. The number of hydrogen-bond donors (Lipinski definition) is 2. The summed E-state index contributed by atoms with van der Waals surface area (Å²) in [4.78, 5) is 21.5. The summed E-state index contributed by atoms with van der Waals surface area (Å²) in [5.74, 6) is -1.07. The van der Waals surface area contributed by atoms with E-state index >= 15 is 0 Å². The maximum Gasteiger partial charge on any atom is 0.330 e. The third-order valence-corrected chi connectivity index (χ3v) is 2.55. The Morgan fingerprint density at radius 1 is 0.952 bits per heavy atom. The molecule has 0 unspecified atom stereocenters. The van der Waals surface area contributed by atoms with Gasteiger partial charge in [-0.1, -0.05) is 49.0 Å². The van der Waals surface area contributed by atoms with Gasteiger partial charge in [0, 0.05) is 11.1 Å². The van der Waals surface area contributed by atoms with E-state index in [1.54, 1.807) is 42.5 Å². The Bertz CT molecular complexity index is 633. The summed E-state index contributed by atoms with van der Waals surface area (Å²) in [6.07, 6.45) is 0. The highest BCUT2D eigenvalue weighted by atomic mass is 16.4. The van der Waals surface area contributed by atoms with E-state index in [1.165, 1.54) is 13.0 Å². The van der Waals surface area contributed by atoms with Crippen LogP contribution < -0.4 is 0 Å². The van der Waals surface area contributed by atoms with Gasteiger partial charge in [-0.2, -0.15) is 0 Å². The van der Waals surface area contributed by atoms with Crippen LogP contribution in [0.25, 0.3) is 0 Å². The van der Waals surface area contributed by atoms with Gasteiger partial charge in [-0.3, -0.25) is 4.79 Å². The second-order valence-electron chi connectivity index (χ2n) is 4.30. The van der Waals surface area contributed by atoms with E-state index in [-0.39, 0.29) is 17.1 Å². The minimum absolute atomic E-state index is 0.0198. The lowest BCUT2D eigenvalue weighted by Gasteiger charge is -2.02. The van der Waals surface area contributed by atoms with Crippen molar-refractivity contribution in [2.45, 2.75) is 6.92 Å². The molecule has 108 valence electrons. The highest BCUT2D eigenvalue weighted by Crippen LogP contribution is 2.19. The Balaban J connectivity index is 0.000000315. The quantitative estimate of drug-likeness (QED) is 0.670. The molecular weight excluding hydrogens is 268 g/mol. The van der Waals surface area contributed by atoms with Crippen molar-refractivity contribution in [1.82, 2.24) is 0 Å². The minimum Gasteiger partial charge on any atom is -0.507 e. The zero-order chi connectivity index (χ0) is 15.8. The first-order valence-corrected chi connectivity index (χ1v) is 6.20. The smallest absolute Gasteiger partial charge is 0.330 e. The molecular formula is C17H16O4. The summed E-state index contributed by atoms with van der Waals surface area (Å²) >= 11 is 0. The van der Waals surface area contributed by atoms with Crippen molar-refractivity contribution >= 4 is 11.8 Å². The SMILES string of the molecule is C=C(C)C(=O)O.O=C(c1ccccc1)c1ccccc1O. The number of carboxylic acids is 1. The average Bonchev–Trinajstić information content (AvgIpc) is 2.48. The van der Waals surface area contributed by atoms with Gasteiger partial charge >= 0.3 is 5.97 Å². The third-order valence-electron chi connectivity index (χ3n) is 2.55. The summed E-state index contributed by atoms with van der Waals surface area (Å²) in [5, 5.41) is 17.4. The van der Waals surface area contributed by atoms with Crippen LogP contribution in [0.15, 0.2) is 66.7 Å². The molecule has 4 heteroatoms. The van der Waals surface area contributed by atoms with Crippen molar-refractivity contribution in [3.05, 3.63) is 77.9 Å². The molecule has 21 heavy (non-hydrogen) atoms. The number of ketones is 1. The van der Waals surface area contributed by atoms with Crippen LogP contribution in [0.1, 0.15) is 22.8 Å². The van der Waals surface area contributed by atoms with Crippen LogP contribution in [-0.2, 0) is 4.79 Å². The van der Waals surface area contributed by atoms with Crippen LogP contribution in [0.5, 0.6) is 5.75 Å². The Labute approximate surface area is 123 Å². The second kappa shape index (κ2) is 7.65. The number of carboxylic acid groups (broad SMARTS) is 1. The minimum atomic E-state index is -0.935. The Morgan fingerprint density at radius 2 is 1.43 bits per heavy atom. The summed E-state index contributed by atoms with van der Waals surface area (Å²) in [6, 6.07) is 15.5. The zero-order valence-electron chi connectivity index (χ0n) is 11.6. The zero-order valence-corrected chi connectivity index (χ0v) is 11.6. The van der Waals surface area contributed by atoms with Crippen molar-refractivity contribution in [2.75, 3.05) is 0 Å². The van der Waals surface area contributed by atoms with E-state index < -0.39 is 5.97 Å². The van der Waals surface area contributed by atoms with Gasteiger partial charge in [-0.05, 0) is 19.1 Å². The molecule has 0 fully saturated rings. The molecule has 2 aromatic rings. The number of rotatable bonds is 3. The summed E-state index contributed by atoms with van der Waals surface area (Å²) < 4.78 is 0. The summed E-state index contributed by atoms with van der Waals surface area (Å²) in [6.45, 7) is 4.60. The molecule has 0 saturated heterocycles. The van der Waals surface area contributed by atoms with E-state index in [9.17, 15) is 14.7 Å². The fraction of sp³-hybridized carbons (Fsp3) is 0.0588. The molecule has 4 nitrogen and oxygen atoms in total. The highest BCUT2D eigenvalue weighted by molar-refractivity contribution is 6.10. The van der Waals surface area contributed by atoms with Crippen LogP contribution in [0, 0.1) is 0 Å². The maximum atomic E-state index is 11.9. The molecule has 0 aliphatic heterocycles. The lowest BCUT2D eigenvalue weighted by atomic mass is 10.0. The monoisotopic (exact) mass is 284 g/mol. The van der Waals surface area contributed by atoms with E-state index in [0.717, 1.165) is 0 Å². The topological polar surface area (TPSA) is 74.6 Å². The van der Waals surface area contributed by atoms with Gasteiger partial charge in [0.05, 0.1) is 5.56 Å². The predicted octanol–water partition coefficient (Wildman–Crippen LogP) is 3.27. The summed E-state index contributed by atoms with van der Waals surface area (Å²) in [5.41, 5.74) is 1.10. The first kappa shape index (κ1) is 16.2. The molecule has 0 amide bonds. The molecule has 0 heterocycles. The van der Waals surface area contributed by atoms with E-state index in [2.05, 4.69) is 6.58 Å². The van der Waals surface area contributed by atoms with Gasteiger partial charge in [0.1, 0.15) is 5.75 Å². The van der Waals surface area contributed by atoms with Crippen LogP contribution in [0.3, 0.4) is 0 Å². The fourth-order valence-corrected chi connectivity index (χ4v) is 1.41. The van der Waals surface area contributed by atoms with Crippen molar-refractivity contribution in [1.29, 1.82) is 0 Å². The standard InChI is InChI=1S/C13H10O2.C4H6O2/c14-12-9-5-4-8-11(12)13(15)10-6-2-1-3-7-10;1-3(2)4(5)6/h1-9,14H;1H2,2H3,(H,5,6). The van der Waals surface area contributed by atoms with E-state index in [4.69, 9.17) is 5.11 Å². The van der Waals surface area contributed by atoms with Gasteiger partial charge < -0.3 is 10.2 Å². The molecule has 0 aromatic heterocycles. The number of hydrogen-bond acceptors (Lipinski definition) is 3. The summed E-state index contributed by atoms with van der Waals surface area (Å²) in [7, 11) is 0. The van der Waals surface area contributed by atoms with Crippen molar-refractivity contribution in [3.63, 3.8) is 0 Å². The van der Waals surface area contributed by atoms with Gasteiger partial charge in [0.2, 0.25) is 0 Å². The highest BCUT2D eigenvalue weighted by Gasteiger charge is 2.11. The number of phenolic OH excluding ortho intramolecular Hbond substituents is 1. The number of phenols is 1. The van der Waals surface area contributed by atoms with Gasteiger partial charge in [-0.25, -0.2) is 4.79 Å². The van der Waals surface area contributed by atoms with Crippen molar-refractivity contribution < 1.29 is 19.8 Å². The number of para-hydroxylation sites is 1. The van der Waals surface area contributed by atoms with Crippen LogP contribution >= 0.6 is 0 Å². The first-order chi connectivity index (χ1) is 9.93. The number of carbonyl (C=O) groups is 2. The molecule has 0 saturated carbocycles. The molecule has 0 bridgehead atoms.